The molecular formula is C23H30FN3O4S. The molecule has 1 fully saturated rings. The largest absolute Gasteiger partial charge is 0.492 e. The number of carbonyl (C=O) groups is 1. The molecule has 1 heterocycles. The third-order valence-electron chi connectivity index (χ3n) is 5.47. The molecule has 1 aliphatic heterocycles. The van der Waals surface area contributed by atoms with E-state index in [1.165, 1.54) is 38.4 Å². The Hall–Kier alpha value is -2.49. The third-order valence-corrected chi connectivity index (χ3v) is 7.30. The molecule has 0 bridgehead atoms. The number of carbonyl (C=O) groups excluding carboxylic acids is 1. The predicted molar refractivity (Wildman–Crippen MR) is 120 cm³/mol. The number of ether oxygens (including phenoxy) is 1. The summed E-state index contributed by atoms with van der Waals surface area (Å²) in [5, 5.41) is 2.92. The first-order chi connectivity index (χ1) is 15.3. The minimum atomic E-state index is -3.47. The van der Waals surface area contributed by atoms with E-state index in [4.69, 9.17) is 4.74 Å². The molecule has 2 aromatic carbocycles. The molecule has 174 valence electrons. The average Bonchev–Trinajstić information content (AvgIpc) is 2.78. The molecule has 2 aromatic rings. The standard InChI is InChI=1S/C23H30FN3O4S/c1-26(2)32(29,30)22-11-9-21(10-12-22)31-15-13-25-23(28)19-4-3-14-27(17-19)16-18-5-7-20(24)8-6-18/h5-12,19H,3-4,13-17H2,1-2H3,(H,25,28)/t19-/m1/s1. The van der Waals surface area contributed by atoms with Crippen LogP contribution in [-0.4, -0.2) is 63.9 Å². The van der Waals surface area contributed by atoms with Crippen LogP contribution in [0.25, 0.3) is 0 Å². The summed E-state index contributed by atoms with van der Waals surface area (Å²) < 4.78 is 44.0. The first-order valence-electron chi connectivity index (χ1n) is 10.7. The minimum absolute atomic E-state index is 0.00447. The molecule has 9 heteroatoms. The fraction of sp³-hybridized carbons (Fsp3) is 0.435. The normalized spacial score (nSPS) is 17.3. The van der Waals surface area contributed by atoms with Crippen molar-refractivity contribution in [2.75, 3.05) is 40.3 Å². The Morgan fingerprint density at radius 2 is 1.84 bits per heavy atom. The molecule has 32 heavy (non-hydrogen) atoms. The number of hydrogen-bond donors (Lipinski definition) is 1. The summed E-state index contributed by atoms with van der Waals surface area (Å²) in [5.74, 6) is 0.214. The molecule has 0 unspecified atom stereocenters. The number of nitrogens with zero attached hydrogens (tertiary/aromatic N) is 2. The predicted octanol–water partition coefficient (Wildman–Crippen LogP) is 2.48. The summed E-state index contributed by atoms with van der Waals surface area (Å²) in [6.07, 6.45) is 1.78. The van der Waals surface area contributed by atoms with E-state index in [-0.39, 0.29) is 29.1 Å². The molecule has 1 amide bonds. The van der Waals surface area contributed by atoms with Crippen molar-refractivity contribution >= 4 is 15.9 Å². The fourth-order valence-corrected chi connectivity index (χ4v) is 4.57. The number of piperidine rings is 1. The molecule has 0 spiro atoms. The van der Waals surface area contributed by atoms with Crippen molar-refractivity contribution in [1.29, 1.82) is 0 Å². The SMILES string of the molecule is CN(C)S(=O)(=O)c1ccc(OCCNC(=O)[C@@H]2CCCN(Cc3ccc(F)cc3)C2)cc1. The van der Waals surface area contributed by atoms with Gasteiger partial charge in [-0.15, -0.1) is 0 Å². The summed E-state index contributed by atoms with van der Waals surface area (Å²) in [4.78, 5) is 15.0. The Morgan fingerprint density at radius 1 is 1.16 bits per heavy atom. The van der Waals surface area contributed by atoms with E-state index in [1.807, 2.05) is 0 Å². The van der Waals surface area contributed by atoms with E-state index < -0.39 is 10.0 Å². The number of hydrogen-bond acceptors (Lipinski definition) is 5. The number of amides is 1. The first kappa shape index (κ1) is 24.2. The smallest absolute Gasteiger partial charge is 0.242 e. The molecule has 0 aliphatic carbocycles. The molecule has 0 radical (unpaired) electrons. The lowest BCUT2D eigenvalue weighted by Crippen LogP contribution is -2.43. The third kappa shape index (κ3) is 6.51. The van der Waals surface area contributed by atoms with Crippen molar-refractivity contribution in [2.24, 2.45) is 5.92 Å². The summed E-state index contributed by atoms with van der Waals surface area (Å²) in [7, 11) is -0.503. The maximum absolute atomic E-state index is 13.1. The summed E-state index contributed by atoms with van der Waals surface area (Å²) >= 11 is 0. The molecule has 1 saturated heterocycles. The summed E-state index contributed by atoms with van der Waals surface area (Å²) in [6.45, 7) is 2.95. The van der Waals surface area contributed by atoms with Crippen LogP contribution in [0, 0.1) is 11.7 Å². The van der Waals surface area contributed by atoms with Crippen molar-refractivity contribution < 1.29 is 22.3 Å². The second-order valence-electron chi connectivity index (χ2n) is 8.10. The van der Waals surface area contributed by atoms with Crippen LogP contribution < -0.4 is 10.1 Å². The highest BCUT2D eigenvalue weighted by atomic mass is 32.2. The van der Waals surface area contributed by atoms with Crippen LogP contribution in [0.2, 0.25) is 0 Å². The summed E-state index contributed by atoms with van der Waals surface area (Å²) in [5.41, 5.74) is 1.03. The maximum Gasteiger partial charge on any atom is 0.242 e. The highest BCUT2D eigenvalue weighted by Gasteiger charge is 2.25. The number of likely N-dealkylation sites (tertiary alicyclic amines) is 1. The first-order valence-corrected chi connectivity index (χ1v) is 12.1. The van der Waals surface area contributed by atoms with Crippen LogP contribution in [-0.2, 0) is 21.4 Å². The highest BCUT2D eigenvalue weighted by Crippen LogP contribution is 2.20. The molecule has 7 nitrogen and oxygen atoms in total. The molecule has 0 saturated carbocycles. The minimum Gasteiger partial charge on any atom is -0.492 e. The van der Waals surface area contributed by atoms with Gasteiger partial charge in [0.05, 0.1) is 17.4 Å². The van der Waals surface area contributed by atoms with Crippen molar-refractivity contribution in [3.63, 3.8) is 0 Å². The molecular weight excluding hydrogens is 433 g/mol. The zero-order valence-corrected chi connectivity index (χ0v) is 19.3. The van der Waals surface area contributed by atoms with E-state index in [0.717, 1.165) is 29.3 Å². The van der Waals surface area contributed by atoms with E-state index in [9.17, 15) is 17.6 Å². The van der Waals surface area contributed by atoms with Gasteiger partial charge in [-0.05, 0) is 61.3 Å². The number of benzene rings is 2. The van der Waals surface area contributed by atoms with Gasteiger partial charge in [0, 0.05) is 27.2 Å². The van der Waals surface area contributed by atoms with Gasteiger partial charge in [0.25, 0.3) is 0 Å². The second kappa shape index (κ2) is 10.9. The lowest BCUT2D eigenvalue weighted by molar-refractivity contribution is -0.126. The van der Waals surface area contributed by atoms with Gasteiger partial charge in [-0.3, -0.25) is 9.69 Å². The van der Waals surface area contributed by atoms with E-state index in [2.05, 4.69) is 10.2 Å². The van der Waals surface area contributed by atoms with Crippen LogP contribution in [0.5, 0.6) is 5.75 Å². The van der Waals surface area contributed by atoms with Gasteiger partial charge in [-0.2, -0.15) is 0 Å². The number of sulfonamides is 1. The van der Waals surface area contributed by atoms with Crippen LogP contribution >= 0.6 is 0 Å². The Labute approximate surface area is 189 Å². The quantitative estimate of drug-likeness (QED) is 0.578. The highest BCUT2D eigenvalue weighted by molar-refractivity contribution is 7.89. The van der Waals surface area contributed by atoms with Gasteiger partial charge in [-0.25, -0.2) is 17.1 Å². The lowest BCUT2D eigenvalue weighted by Gasteiger charge is -2.32. The zero-order chi connectivity index (χ0) is 23.1. The van der Waals surface area contributed by atoms with Crippen molar-refractivity contribution in [3.8, 4) is 5.75 Å². The van der Waals surface area contributed by atoms with Gasteiger partial charge in [-0.1, -0.05) is 12.1 Å². The molecule has 1 N–H and O–H groups in total. The molecule has 0 aromatic heterocycles. The summed E-state index contributed by atoms with van der Waals surface area (Å²) in [6, 6.07) is 12.7. The van der Waals surface area contributed by atoms with Crippen LogP contribution in [0.4, 0.5) is 4.39 Å². The monoisotopic (exact) mass is 463 g/mol. The van der Waals surface area contributed by atoms with Crippen molar-refractivity contribution in [2.45, 2.75) is 24.3 Å². The topological polar surface area (TPSA) is 79.0 Å². The Bertz CT molecular complexity index is 995. The maximum atomic E-state index is 13.1. The van der Waals surface area contributed by atoms with Gasteiger partial charge in [0.15, 0.2) is 0 Å². The van der Waals surface area contributed by atoms with Gasteiger partial charge in [0.2, 0.25) is 15.9 Å². The zero-order valence-electron chi connectivity index (χ0n) is 18.5. The van der Waals surface area contributed by atoms with Gasteiger partial charge < -0.3 is 10.1 Å². The molecule has 1 aliphatic rings. The van der Waals surface area contributed by atoms with E-state index in [1.54, 1.807) is 24.3 Å². The van der Waals surface area contributed by atoms with Crippen molar-refractivity contribution in [1.82, 2.24) is 14.5 Å². The Morgan fingerprint density at radius 3 is 2.50 bits per heavy atom. The van der Waals surface area contributed by atoms with Crippen molar-refractivity contribution in [3.05, 3.63) is 59.9 Å². The second-order valence-corrected chi connectivity index (χ2v) is 10.3. The number of halogens is 1. The van der Waals surface area contributed by atoms with Crippen LogP contribution in [0.15, 0.2) is 53.4 Å². The molecule has 3 rings (SSSR count). The fourth-order valence-electron chi connectivity index (χ4n) is 3.67. The van der Waals surface area contributed by atoms with E-state index >= 15 is 0 Å². The van der Waals surface area contributed by atoms with Crippen LogP contribution in [0.3, 0.4) is 0 Å². The Kier molecular flexibility index (Phi) is 8.22. The van der Waals surface area contributed by atoms with Gasteiger partial charge in [0.1, 0.15) is 18.2 Å². The average molecular weight is 464 g/mol. The van der Waals surface area contributed by atoms with Crippen LogP contribution in [0.1, 0.15) is 18.4 Å². The number of nitrogens with one attached hydrogen (secondary N) is 1. The van der Waals surface area contributed by atoms with Gasteiger partial charge >= 0.3 is 0 Å². The number of rotatable bonds is 9. The lowest BCUT2D eigenvalue weighted by atomic mass is 9.96. The van der Waals surface area contributed by atoms with E-state index in [0.29, 0.717) is 25.4 Å². The Balaban J connectivity index is 1.41. The molecule has 1 atom stereocenters.